The molecule has 1 aliphatic carbocycles. The van der Waals surface area contributed by atoms with Crippen molar-refractivity contribution in [2.45, 2.75) is 32.4 Å². The fourth-order valence-electron chi connectivity index (χ4n) is 2.39. The van der Waals surface area contributed by atoms with E-state index in [1.165, 1.54) is 12.8 Å². The number of aromatic nitrogens is 2. The van der Waals surface area contributed by atoms with Crippen LogP contribution in [0.15, 0.2) is 42.7 Å². The van der Waals surface area contributed by atoms with Crippen LogP contribution in [0.25, 0.3) is 11.1 Å². The molecule has 0 bridgehead atoms. The normalized spacial score (nSPS) is 15.8. The van der Waals surface area contributed by atoms with Crippen LogP contribution in [0.5, 0.6) is 0 Å². The van der Waals surface area contributed by atoms with E-state index in [1.807, 2.05) is 36.5 Å². The summed E-state index contributed by atoms with van der Waals surface area (Å²) in [6, 6.07) is 10.3. The molecule has 1 aliphatic rings. The Labute approximate surface area is 118 Å². The summed E-state index contributed by atoms with van der Waals surface area (Å²) in [6.07, 6.45) is 6.19. The van der Waals surface area contributed by atoms with Crippen LogP contribution in [-0.4, -0.2) is 21.7 Å². The number of carbonyl (C=O) groups excluding carboxylic acids is 1. The van der Waals surface area contributed by atoms with Gasteiger partial charge in [0, 0.05) is 17.8 Å². The molecule has 4 heteroatoms. The molecule has 0 spiro atoms. The third kappa shape index (κ3) is 3.07. The second-order valence-corrected chi connectivity index (χ2v) is 5.49. The van der Waals surface area contributed by atoms with E-state index in [2.05, 4.69) is 17.3 Å². The monoisotopic (exact) mass is 269 g/mol. The van der Waals surface area contributed by atoms with Crippen molar-refractivity contribution in [3.05, 3.63) is 42.7 Å². The van der Waals surface area contributed by atoms with Crippen LogP contribution >= 0.6 is 0 Å². The smallest absolute Gasteiger partial charge is 0.241 e. The van der Waals surface area contributed by atoms with Gasteiger partial charge in [0.2, 0.25) is 5.91 Å². The van der Waals surface area contributed by atoms with Crippen LogP contribution in [0.3, 0.4) is 0 Å². The van der Waals surface area contributed by atoms with Crippen molar-refractivity contribution in [2.75, 3.05) is 0 Å². The second kappa shape index (κ2) is 5.49. The molecular weight excluding hydrogens is 250 g/mol. The Morgan fingerprint density at radius 3 is 2.80 bits per heavy atom. The predicted octanol–water partition coefficient (Wildman–Crippen LogP) is 2.46. The molecule has 0 saturated heterocycles. The predicted molar refractivity (Wildman–Crippen MR) is 78.0 cm³/mol. The standard InChI is InChI=1S/C16H19N3O/c1-12(13-7-8-13)18-16(20)11-19-10-15(9-17-19)14-5-3-2-4-6-14/h2-6,9-10,12-13H,7-8,11H2,1H3,(H,18,20). The van der Waals surface area contributed by atoms with Crippen molar-refractivity contribution >= 4 is 5.91 Å². The number of rotatable bonds is 5. The van der Waals surface area contributed by atoms with E-state index >= 15 is 0 Å². The average Bonchev–Trinajstić information content (AvgIpc) is 3.21. The van der Waals surface area contributed by atoms with E-state index in [9.17, 15) is 4.79 Å². The Morgan fingerprint density at radius 2 is 2.10 bits per heavy atom. The lowest BCUT2D eigenvalue weighted by Gasteiger charge is -2.12. The van der Waals surface area contributed by atoms with Crippen molar-refractivity contribution < 1.29 is 4.79 Å². The second-order valence-electron chi connectivity index (χ2n) is 5.49. The molecule has 20 heavy (non-hydrogen) atoms. The molecule has 1 saturated carbocycles. The van der Waals surface area contributed by atoms with E-state index in [1.54, 1.807) is 10.9 Å². The molecular formula is C16H19N3O. The largest absolute Gasteiger partial charge is 0.352 e. The van der Waals surface area contributed by atoms with Gasteiger partial charge in [-0.15, -0.1) is 0 Å². The molecule has 0 radical (unpaired) electrons. The molecule has 104 valence electrons. The maximum atomic E-state index is 11.9. The molecule has 0 aliphatic heterocycles. The summed E-state index contributed by atoms with van der Waals surface area (Å²) in [5.41, 5.74) is 2.15. The Kier molecular flexibility index (Phi) is 3.54. The Morgan fingerprint density at radius 1 is 1.35 bits per heavy atom. The van der Waals surface area contributed by atoms with Gasteiger partial charge >= 0.3 is 0 Å². The molecule has 1 N–H and O–H groups in total. The van der Waals surface area contributed by atoms with Crippen LogP contribution in [0, 0.1) is 5.92 Å². The van der Waals surface area contributed by atoms with Crippen LogP contribution < -0.4 is 5.32 Å². The first-order chi connectivity index (χ1) is 9.72. The zero-order valence-corrected chi connectivity index (χ0v) is 11.6. The summed E-state index contributed by atoms with van der Waals surface area (Å²) in [5, 5.41) is 7.30. The molecule has 1 unspecified atom stereocenters. The zero-order valence-electron chi connectivity index (χ0n) is 11.6. The van der Waals surface area contributed by atoms with Crippen LogP contribution in [0.4, 0.5) is 0 Å². The average molecular weight is 269 g/mol. The van der Waals surface area contributed by atoms with Crippen LogP contribution in [0.2, 0.25) is 0 Å². The summed E-state index contributed by atoms with van der Waals surface area (Å²) in [4.78, 5) is 11.9. The SMILES string of the molecule is CC(NC(=O)Cn1cc(-c2ccccc2)cn1)C1CC1. The van der Waals surface area contributed by atoms with Gasteiger partial charge in [-0.05, 0) is 31.2 Å². The first kappa shape index (κ1) is 12.9. The molecule has 2 aromatic rings. The van der Waals surface area contributed by atoms with Gasteiger partial charge in [-0.1, -0.05) is 30.3 Å². The van der Waals surface area contributed by atoms with E-state index in [0.717, 1.165) is 11.1 Å². The molecule has 1 heterocycles. The van der Waals surface area contributed by atoms with Gasteiger partial charge in [0.05, 0.1) is 6.20 Å². The number of hydrogen-bond donors (Lipinski definition) is 1. The number of hydrogen-bond acceptors (Lipinski definition) is 2. The van der Waals surface area contributed by atoms with Crippen molar-refractivity contribution in [1.82, 2.24) is 15.1 Å². The third-order valence-corrected chi connectivity index (χ3v) is 3.76. The topological polar surface area (TPSA) is 46.9 Å². The van der Waals surface area contributed by atoms with Crippen molar-refractivity contribution in [3.8, 4) is 11.1 Å². The number of benzene rings is 1. The number of nitrogens with one attached hydrogen (secondary N) is 1. The lowest BCUT2D eigenvalue weighted by Crippen LogP contribution is -2.36. The summed E-state index contributed by atoms with van der Waals surface area (Å²) >= 11 is 0. The summed E-state index contributed by atoms with van der Waals surface area (Å²) in [6.45, 7) is 2.36. The van der Waals surface area contributed by atoms with E-state index in [-0.39, 0.29) is 18.5 Å². The van der Waals surface area contributed by atoms with Gasteiger partial charge in [-0.2, -0.15) is 5.10 Å². The fraction of sp³-hybridized carbons (Fsp3) is 0.375. The quantitative estimate of drug-likeness (QED) is 0.906. The Bertz CT molecular complexity index is 587. The fourth-order valence-corrected chi connectivity index (χ4v) is 2.39. The molecule has 1 amide bonds. The van der Waals surface area contributed by atoms with Crippen molar-refractivity contribution in [3.63, 3.8) is 0 Å². The van der Waals surface area contributed by atoms with Crippen LogP contribution in [-0.2, 0) is 11.3 Å². The Balaban J connectivity index is 1.61. The zero-order chi connectivity index (χ0) is 13.9. The highest BCUT2D eigenvalue weighted by Gasteiger charge is 2.28. The van der Waals surface area contributed by atoms with E-state index < -0.39 is 0 Å². The van der Waals surface area contributed by atoms with Gasteiger partial charge in [-0.3, -0.25) is 9.48 Å². The van der Waals surface area contributed by atoms with Crippen LogP contribution in [0.1, 0.15) is 19.8 Å². The minimum Gasteiger partial charge on any atom is -0.352 e. The van der Waals surface area contributed by atoms with E-state index in [4.69, 9.17) is 0 Å². The summed E-state index contributed by atoms with van der Waals surface area (Å²) in [7, 11) is 0. The molecule has 1 atom stereocenters. The first-order valence-corrected chi connectivity index (χ1v) is 7.09. The molecule has 1 aromatic heterocycles. The minimum atomic E-state index is 0.0344. The van der Waals surface area contributed by atoms with E-state index in [0.29, 0.717) is 5.92 Å². The Hall–Kier alpha value is -2.10. The number of nitrogens with zero attached hydrogens (tertiary/aromatic N) is 2. The highest BCUT2D eigenvalue weighted by atomic mass is 16.2. The number of amides is 1. The maximum Gasteiger partial charge on any atom is 0.241 e. The molecule has 1 fully saturated rings. The molecule has 4 nitrogen and oxygen atoms in total. The van der Waals surface area contributed by atoms with Crippen molar-refractivity contribution in [1.29, 1.82) is 0 Å². The van der Waals surface area contributed by atoms with Gasteiger partial charge in [0.15, 0.2) is 0 Å². The minimum absolute atomic E-state index is 0.0344. The molecule has 1 aromatic carbocycles. The van der Waals surface area contributed by atoms with Crippen molar-refractivity contribution in [2.24, 2.45) is 5.92 Å². The maximum absolute atomic E-state index is 11.9. The lowest BCUT2D eigenvalue weighted by molar-refractivity contribution is -0.122. The highest BCUT2D eigenvalue weighted by molar-refractivity contribution is 5.76. The summed E-state index contributed by atoms with van der Waals surface area (Å²) < 4.78 is 1.69. The number of carbonyl (C=O) groups is 1. The van der Waals surface area contributed by atoms with Gasteiger partial charge < -0.3 is 5.32 Å². The highest BCUT2D eigenvalue weighted by Crippen LogP contribution is 2.32. The van der Waals surface area contributed by atoms with Gasteiger partial charge in [-0.25, -0.2) is 0 Å². The van der Waals surface area contributed by atoms with Gasteiger partial charge in [0.25, 0.3) is 0 Å². The summed E-state index contributed by atoms with van der Waals surface area (Å²) in [5.74, 6) is 0.712. The van der Waals surface area contributed by atoms with Gasteiger partial charge in [0.1, 0.15) is 6.54 Å². The lowest BCUT2D eigenvalue weighted by atomic mass is 10.1. The third-order valence-electron chi connectivity index (χ3n) is 3.76. The first-order valence-electron chi connectivity index (χ1n) is 7.09. The molecule has 3 rings (SSSR count).